The van der Waals surface area contributed by atoms with E-state index in [9.17, 15) is 0 Å². The molecule has 1 aromatic carbocycles. The predicted molar refractivity (Wildman–Crippen MR) is 74.0 cm³/mol. The molecule has 0 aliphatic carbocycles. The molecule has 4 nitrogen and oxygen atoms in total. The molecule has 4 heteroatoms. The summed E-state index contributed by atoms with van der Waals surface area (Å²) in [6.07, 6.45) is 0. The molecule has 0 aromatic heterocycles. The van der Waals surface area contributed by atoms with Gasteiger partial charge in [-0.15, -0.1) is 0 Å². The van der Waals surface area contributed by atoms with Crippen LogP contribution in [-0.2, 0) is 4.74 Å². The second-order valence-corrected chi connectivity index (χ2v) is 4.45. The highest BCUT2D eigenvalue weighted by Gasteiger charge is 2.16. The lowest BCUT2D eigenvalue weighted by Crippen LogP contribution is -2.33. The second kappa shape index (κ2) is 7.36. The average molecular weight is 252 g/mol. The molecule has 0 fully saturated rings. The van der Waals surface area contributed by atoms with Crippen LogP contribution in [0.1, 0.15) is 17.2 Å². The first-order valence-corrected chi connectivity index (χ1v) is 6.17. The number of hydrogen-bond donors (Lipinski definition) is 1. The van der Waals surface area contributed by atoms with Gasteiger partial charge >= 0.3 is 0 Å². The van der Waals surface area contributed by atoms with Crippen molar-refractivity contribution in [1.82, 2.24) is 4.90 Å². The quantitative estimate of drug-likeness (QED) is 0.800. The summed E-state index contributed by atoms with van der Waals surface area (Å²) in [6.45, 7) is 4.21. The van der Waals surface area contributed by atoms with Crippen molar-refractivity contribution < 1.29 is 9.47 Å². The first-order valence-electron chi connectivity index (χ1n) is 6.17. The van der Waals surface area contributed by atoms with Crippen LogP contribution in [0.3, 0.4) is 0 Å². The lowest BCUT2D eigenvalue weighted by molar-refractivity contribution is 0.140. The van der Waals surface area contributed by atoms with Gasteiger partial charge in [0.15, 0.2) is 0 Å². The third-order valence-corrected chi connectivity index (χ3v) is 3.21. The molecule has 1 rings (SSSR count). The van der Waals surface area contributed by atoms with Crippen LogP contribution >= 0.6 is 0 Å². The fourth-order valence-corrected chi connectivity index (χ4v) is 2.07. The molecule has 0 saturated carbocycles. The maximum atomic E-state index is 5.88. The van der Waals surface area contributed by atoms with Crippen LogP contribution in [0.2, 0.25) is 0 Å². The Labute approximate surface area is 110 Å². The van der Waals surface area contributed by atoms with Crippen LogP contribution in [0.4, 0.5) is 0 Å². The van der Waals surface area contributed by atoms with Crippen LogP contribution < -0.4 is 10.5 Å². The summed E-state index contributed by atoms with van der Waals surface area (Å²) in [4.78, 5) is 2.21. The van der Waals surface area contributed by atoms with E-state index in [4.69, 9.17) is 15.2 Å². The molecule has 0 radical (unpaired) electrons. The van der Waals surface area contributed by atoms with E-state index in [1.165, 1.54) is 5.56 Å². The molecule has 0 aliphatic rings. The largest absolute Gasteiger partial charge is 0.496 e. The van der Waals surface area contributed by atoms with Crippen molar-refractivity contribution in [1.29, 1.82) is 0 Å². The highest BCUT2D eigenvalue weighted by atomic mass is 16.5. The highest BCUT2D eigenvalue weighted by Crippen LogP contribution is 2.24. The van der Waals surface area contributed by atoms with Crippen LogP contribution in [0.25, 0.3) is 0 Å². The van der Waals surface area contributed by atoms with Gasteiger partial charge in [-0.2, -0.15) is 0 Å². The van der Waals surface area contributed by atoms with Gasteiger partial charge in [0.25, 0.3) is 0 Å². The van der Waals surface area contributed by atoms with Gasteiger partial charge in [-0.1, -0.05) is 12.1 Å². The van der Waals surface area contributed by atoms with Gasteiger partial charge in [-0.25, -0.2) is 0 Å². The van der Waals surface area contributed by atoms with E-state index in [0.717, 1.165) is 17.9 Å². The Morgan fingerprint density at radius 1 is 1.33 bits per heavy atom. The number of nitrogens with two attached hydrogens (primary N) is 1. The molecule has 0 saturated heterocycles. The summed E-state index contributed by atoms with van der Waals surface area (Å²) in [5.74, 6) is 0.911. The minimum atomic E-state index is 0.213. The van der Waals surface area contributed by atoms with E-state index in [1.54, 1.807) is 14.2 Å². The number of methoxy groups -OCH3 is 2. The van der Waals surface area contributed by atoms with Crippen LogP contribution in [-0.4, -0.2) is 45.9 Å². The van der Waals surface area contributed by atoms with Crippen molar-refractivity contribution in [2.45, 2.75) is 13.0 Å². The first-order chi connectivity index (χ1) is 8.63. The lowest BCUT2D eigenvalue weighted by atomic mass is 10.0. The average Bonchev–Trinajstić information content (AvgIpc) is 2.37. The zero-order chi connectivity index (χ0) is 13.5. The summed E-state index contributed by atoms with van der Waals surface area (Å²) < 4.78 is 10.4. The van der Waals surface area contributed by atoms with E-state index < -0.39 is 0 Å². The van der Waals surface area contributed by atoms with Gasteiger partial charge in [0.1, 0.15) is 5.75 Å². The summed E-state index contributed by atoms with van der Waals surface area (Å²) in [5, 5.41) is 0. The maximum absolute atomic E-state index is 5.88. The smallest absolute Gasteiger partial charge is 0.121 e. The number of benzene rings is 1. The number of likely N-dealkylation sites (N-methyl/N-ethyl adjacent to an activating group) is 1. The van der Waals surface area contributed by atoms with Crippen molar-refractivity contribution in [3.63, 3.8) is 0 Å². The molecule has 0 spiro atoms. The molecule has 0 amide bonds. The van der Waals surface area contributed by atoms with Gasteiger partial charge in [0.05, 0.1) is 13.7 Å². The van der Waals surface area contributed by atoms with Gasteiger partial charge in [0.2, 0.25) is 0 Å². The maximum Gasteiger partial charge on any atom is 0.121 e. The van der Waals surface area contributed by atoms with E-state index in [1.807, 2.05) is 13.0 Å². The second-order valence-electron chi connectivity index (χ2n) is 4.45. The van der Waals surface area contributed by atoms with Crippen molar-refractivity contribution in [3.05, 3.63) is 29.3 Å². The normalized spacial score (nSPS) is 12.8. The molecule has 0 heterocycles. The summed E-state index contributed by atoms with van der Waals surface area (Å²) >= 11 is 0. The van der Waals surface area contributed by atoms with Gasteiger partial charge in [-0.3, -0.25) is 4.90 Å². The molecule has 1 aromatic rings. The number of rotatable bonds is 7. The lowest BCUT2D eigenvalue weighted by Gasteiger charge is -2.27. The SMILES string of the molecule is COCCN(C)C(CN)c1ccc(OC)c(C)c1. The molecular formula is C14H24N2O2. The minimum Gasteiger partial charge on any atom is -0.496 e. The third-order valence-electron chi connectivity index (χ3n) is 3.21. The monoisotopic (exact) mass is 252 g/mol. The molecule has 0 bridgehead atoms. The first kappa shape index (κ1) is 15.0. The number of nitrogens with zero attached hydrogens (tertiary/aromatic N) is 1. The fraction of sp³-hybridized carbons (Fsp3) is 0.571. The third kappa shape index (κ3) is 3.70. The Kier molecular flexibility index (Phi) is 6.12. The van der Waals surface area contributed by atoms with Crippen LogP contribution in [0.15, 0.2) is 18.2 Å². The fourth-order valence-electron chi connectivity index (χ4n) is 2.07. The van der Waals surface area contributed by atoms with Crippen molar-refractivity contribution >= 4 is 0 Å². The predicted octanol–water partition coefficient (Wildman–Crippen LogP) is 1.58. The van der Waals surface area contributed by atoms with Crippen LogP contribution in [0.5, 0.6) is 5.75 Å². The van der Waals surface area contributed by atoms with Gasteiger partial charge in [0, 0.05) is 26.2 Å². The zero-order valence-electron chi connectivity index (χ0n) is 11.8. The Hall–Kier alpha value is -1.10. The van der Waals surface area contributed by atoms with E-state index >= 15 is 0 Å². The number of aryl methyl sites for hydroxylation is 1. The Balaban J connectivity index is 2.84. The molecule has 1 atom stereocenters. The standard InChI is InChI=1S/C14H24N2O2/c1-11-9-12(5-6-14(11)18-4)13(10-15)16(2)7-8-17-3/h5-6,9,13H,7-8,10,15H2,1-4H3. The number of ether oxygens (including phenoxy) is 2. The number of hydrogen-bond acceptors (Lipinski definition) is 4. The van der Waals surface area contributed by atoms with E-state index in [0.29, 0.717) is 13.2 Å². The molecule has 0 aliphatic heterocycles. The molecular weight excluding hydrogens is 228 g/mol. The summed E-state index contributed by atoms with van der Waals surface area (Å²) in [5.41, 5.74) is 8.23. The Morgan fingerprint density at radius 3 is 2.56 bits per heavy atom. The molecule has 102 valence electrons. The van der Waals surface area contributed by atoms with Gasteiger partial charge in [-0.05, 0) is 31.2 Å². The molecule has 18 heavy (non-hydrogen) atoms. The minimum absolute atomic E-state index is 0.213. The van der Waals surface area contributed by atoms with Crippen molar-refractivity contribution in [2.24, 2.45) is 5.73 Å². The highest BCUT2D eigenvalue weighted by molar-refractivity contribution is 5.37. The Morgan fingerprint density at radius 2 is 2.06 bits per heavy atom. The zero-order valence-corrected chi connectivity index (χ0v) is 11.8. The summed E-state index contributed by atoms with van der Waals surface area (Å²) in [6, 6.07) is 6.42. The van der Waals surface area contributed by atoms with E-state index in [2.05, 4.69) is 24.1 Å². The van der Waals surface area contributed by atoms with Gasteiger partial charge < -0.3 is 15.2 Å². The molecule has 2 N–H and O–H groups in total. The topological polar surface area (TPSA) is 47.7 Å². The van der Waals surface area contributed by atoms with E-state index in [-0.39, 0.29) is 6.04 Å². The molecule has 1 unspecified atom stereocenters. The Bertz CT molecular complexity index is 369. The van der Waals surface area contributed by atoms with Crippen LogP contribution in [0, 0.1) is 6.92 Å². The summed E-state index contributed by atoms with van der Waals surface area (Å²) in [7, 11) is 5.46. The van der Waals surface area contributed by atoms with Crippen molar-refractivity contribution in [2.75, 3.05) is 41.0 Å². The van der Waals surface area contributed by atoms with Crippen molar-refractivity contribution in [3.8, 4) is 5.75 Å².